The smallest absolute Gasteiger partial charge is 0.246 e. The van der Waals surface area contributed by atoms with Crippen LogP contribution in [0.1, 0.15) is 13.8 Å². The highest BCUT2D eigenvalue weighted by Crippen LogP contribution is 2.38. The molecule has 0 radical (unpaired) electrons. The number of nitrogens with one attached hydrogen (secondary N) is 1. The van der Waals surface area contributed by atoms with Crippen molar-refractivity contribution in [2.75, 3.05) is 37.0 Å². The summed E-state index contributed by atoms with van der Waals surface area (Å²) in [6.07, 6.45) is 0. The molecule has 0 saturated heterocycles. The lowest BCUT2D eigenvalue weighted by Crippen LogP contribution is -2.56. The lowest BCUT2D eigenvalue weighted by molar-refractivity contribution is -0.117. The van der Waals surface area contributed by atoms with Crippen molar-refractivity contribution < 1.29 is 4.79 Å². The summed E-state index contributed by atoms with van der Waals surface area (Å²) < 4.78 is 1.03. The van der Waals surface area contributed by atoms with Crippen molar-refractivity contribution in [3.63, 3.8) is 0 Å². The van der Waals surface area contributed by atoms with Crippen LogP contribution in [0.5, 0.6) is 0 Å². The lowest BCUT2D eigenvalue weighted by Gasteiger charge is -2.45. The summed E-state index contributed by atoms with van der Waals surface area (Å²) >= 11 is 3.51. The van der Waals surface area contributed by atoms with Crippen LogP contribution in [0.2, 0.25) is 0 Å². The highest BCUT2D eigenvalue weighted by atomic mass is 79.9. The summed E-state index contributed by atoms with van der Waals surface area (Å²) in [5.41, 5.74) is 1.93. The number of fused-ring (bicyclic) bond motifs is 1. The SMILES string of the molecule is CNCC(C)(C)N1CC(=O)N(C)c2ccc(Br)cc21. The summed E-state index contributed by atoms with van der Waals surface area (Å²) in [5, 5.41) is 3.20. The van der Waals surface area contributed by atoms with Gasteiger partial charge in [-0.15, -0.1) is 0 Å². The minimum atomic E-state index is -0.124. The van der Waals surface area contributed by atoms with Crippen LogP contribution in [0.4, 0.5) is 11.4 Å². The van der Waals surface area contributed by atoms with Crippen LogP contribution in [-0.4, -0.2) is 38.6 Å². The van der Waals surface area contributed by atoms with E-state index in [2.05, 4.69) is 46.1 Å². The second kappa shape index (κ2) is 5.13. The fourth-order valence-corrected chi connectivity index (χ4v) is 2.87. The number of amides is 1. The molecule has 0 saturated carbocycles. The van der Waals surface area contributed by atoms with Crippen molar-refractivity contribution in [2.24, 2.45) is 0 Å². The van der Waals surface area contributed by atoms with Gasteiger partial charge in [-0.25, -0.2) is 0 Å². The maximum atomic E-state index is 12.2. The van der Waals surface area contributed by atoms with Crippen LogP contribution in [0.25, 0.3) is 0 Å². The van der Waals surface area contributed by atoms with Crippen LogP contribution in [0.15, 0.2) is 22.7 Å². The Hall–Kier alpha value is -1.07. The first-order chi connectivity index (χ1) is 8.86. The predicted octanol–water partition coefficient (Wildman–Crippen LogP) is 2.23. The molecule has 1 aliphatic heterocycles. The average molecular weight is 326 g/mol. The van der Waals surface area contributed by atoms with Gasteiger partial charge in [0.05, 0.1) is 17.9 Å². The second-order valence-electron chi connectivity index (χ2n) is 5.51. The normalized spacial score (nSPS) is 15.7. The molecule has 1 heterocycles. The highest BCUT2D eigenvalue weighted by Gasteiger charge is 2.35. The lowest BCUT2D eigenvalue weighted by atomic mass is 9.99. The van der Waals surface area contributed by atoms with Gasteiger partial charge in [0.2, 0.25) is 5.91 Å². The third kappa shape index (κ3) is 2.62. The zero-order chi connectivity index (χ0) is 14.2. The molecule has 19 heavy (non-hydrogen) atoms. The van der Waals surface area contributed by atoms with E-state index < -0.39 is 0 Å². The van der Waals surface area contributed by atoms with E-state index in [1.807, 2.05) is 26.2 Å². The molecule has 0 bridgehead atoms. The largest absolute Gasteiger partial charge is 0.354 e. The first-order valence-electron chi connectivity index (χ1n) is 6.35. The number of hydrogen-bond acceptors (Lipinski definition) is 3. The van der Waals surface area contributed by atoms with Gasteiger partial charge in [-0.05, 0) is 39.1 Å². The Labute approximate surface area is 122 Å². The summed E-state index contributed by atoms with van der Waals surface area (Å²) in [6, 6.07) is 6.03. The van der Waals surface area contributed by atoms with Crippen molar-refractivity contribution >= 4 is 33.2 Å². The van der Waals surface area contributed by atoms with E-state index in [1.54, 1.807) is 4.90 Å². The standard InChI is InChI=1S/C14H20BrN3O/c1-14(2,9-16-3)18-8-13(19)17(4)11-6-5-10(15)7-12(11)18/h5-7,16H,8-9H2,1-4H3. The van der Waals surface area contributed by atoms with Gasteiger partial charge in [0, 0.05) is 23.6 Å². The van der Waals surface area contributed by atoms with Crippen molar-refractivity contribution in [3.8, 4) is 0 Å². The number of likely N-dealkylation sites (N-methyl/N-ethyl adjacent to an activating group) is 2. The zero-order valence-corrected chi connectivity index (χ0v) is 13.4. The Morgan fingerprint density at radius 1 is 1.37 bits per heavy atom. The van der Waals surface area contributed by atoms with Crippen LogP contribution < -0.4 is 15.1 Å². The molecule has 0 fully saturated rings. The molecule has 1 N–H and O–H groups in total. The minimum absolute atomic E-state index is 0.124. The fourth-order valence-electron chi connectivity index (χ4n) is 2.53. The Bertz CT molecular complexity index is 501. The van der Waals surface area contributed by atoms with E-state index in [1.165, 1.54) is 0 Å². The molecule has 1 aromatic rings. The van der Waals surface area contributed by atoms with Crippen molar-refractivity contribution in [3.05, 3.63) is 22.7 Å². The Balaban J connectivity index is 2.50. The number of nitrogens with zero attached hydrogens (tertiary/aromatic N) is 2. The fraction of sp³-hybridized carbons (Fsp3) is 0.500. The van der Waals surface area contributed by atoms with E-state index in [0.29, 0.717) is 6.54 Å². The molecular formula is C14H20BrN3O. The van der Waals surface area contributed by atoms with Gasteiger partial charge < -0.3 is 15.1 Å². The number of carbonyl (C=O) groups excluding carboxylic acids is 1. The minimum Gasteiger partial charge on any atom is -0.354 e. The van der Waals surface area contributed by atoms with Crippen molar-refractivity contribution in [1.82, 2.24) is 5.32 Å². The number of benzene rings is 1. The number of halogens is 1. The second-order valence-corrected chi connectivity index (χ2v) is 6.43. The predicted molar refractivity (Wildman–Crippen MR) is 82.9 cm³/mol. The van der Waals surface area contributed by atoms with E-state index in [4.69, 9.17) is 0 Å². The van der Waals surface area contributed by atoms with Crippen LogP contribution >= 0.6 is 15.9 Å². The molecule has 5 heteroatoms. The topological polar surface area (TPSA) is 35.6 Å². The Morgan fingerprint density at radius 2 is 2.05 bits per heavy atom. The molecular weight excluding hydrogens is 306 g/mol. The van der Waals surface area contributed by atoms with E-state index in [0.717, 1.165) is 22.4 Å². The summed E-state index contributed by atoms with van der Waals surface area (Å²) in [5.74, 6) is 0.124. The Morgan fingerprint density at radius 3 is 2.68 bits per heavy atom. The van der Waals surface area contributed by atoms with Gasteiger partial charge >= 0.3 is 0 Å². The van der Waals surface area contributed by atoms with Gasteiger partial charge in [-0.2, -0.15) is 0 Å². The first kappa shape index (κ1) is 14.3. The maximum absolute atomic E-state index is 12.2. The third-order valence-corrected chi connectivity index (χ3v) is 4.09. The molecule has 1 aromatic carbocycles. The summed E-state index contributed by atoms with van der Waals surface area (Å²) in [6.45, 7) is 5.52. The number of carbonyl (C=O) groups is 1. The van der Waals surface area contributed by atoms with Gasteiger partial charge in [0.1, 0.15) is 0 Å². The van der Waals surface area contributed by atoms with Gasteiger partial charge in [-0.3, -0.25) is 4.79 Å². The van der Waals surface area contributed by atoms with Crippen LogP contribution in [0.3, 0.4) is 0 Å². The molecule has 4 nitrogen and oxygen atoms in total. The summed E-state index contributed by atoms with van der Waals surface area (Å²) in [7, 11) is 3.76. The molecule has 0 spiro atoms. The van der Waals surface area contributed by atoms with E-state index >= 15 is 0 Å². The molecule has 104 valence electrons. The van der Waals surface area contributed by atoms with Gasteiger partial charge in [0.25, 0.3) is 0 Å². The van der Waals surface area contributed by atoms with Gasteiger partial charge in [-0.1, -0.05) is 15.9 Å². The molecule has 1 amide bonds. The van der Waals surface area contributed by atoms with Crippen molar-refractivity contribution in [1.29, 1.82) is 0 Å². The average Bonchev–Trinajstić information content (AvgIpc) is 2.33. The third-order valence-electron chi connectivity index (χ3n) is 3.60. The zero-order valence-electron chi connectivity index (χ0n) is 11.8. The number of hydrogen-bond donors (Lipinski definition) is 1. The van der Waals surface area contributed by atoms with Crippen LogP contribution in [-0.2, 0) is 4.79 Å². The van der Waals surface area contributed by atoms with Crippen LogP contribution in [0, 0.1) is 0 Å². The molecule has 0 aliphatic carbocycles. The molecule has 0 unspecified atom stereocenters. The monoisotopic (exact) mass is 325 g/mol. The summed E-state index contributed by atoms with van der Waals surface area (Å²) in [4.78, 5) is 16.1. The molecule has 2 rings (SSSR count). The Kier molecular flexibility index (Phi) is 3.87. The molecule has 0 aromatic heterocycles. The molecule has 0 atom stereocenters. The number of rotatable bonds is 3. The van der Waals surface area contributed by atoms with E-state index in [-0.39, 0.29) is 11.4 Å². The van der Waals surface area contributed by atoms with Gasteiger partial charge in [0.15, 0.2) is 0 Å². The van der Waals surface area contributed by atoms with Crippen molar-refractivity contribution in [2.45, 2.75) is 19.4 Å². The highest BCUT2D eigenvalue weighted by molar-refractivity contribution is 9.10. The number of anilines is 2. The quantitative estimate of drug-likeness (QED) is 0.925. The van der Waals surface area contributed by atoms with E-state index in [9.17, 15) is 4.79 Å². The maximum Gasteiger partial charge on any atom is 0.246 e. The molecule has 1 aliphatic rings. The first-order valence-corrected chi connectivity index (χ1v) is 7.14.